The minimum absolute atomic E-state index is 0.0958. The molecule has 0 unspecified atom stereocenters. The average Bonchev–Trinajstić information content (AvgIpc) is 2.44. The van der Waals surface area contributed by atoms with Gasteiger partial charge in [-0.15, -0.1) is 0 Å². The van der Waals surface area contributed by atoms with Crippen LogP contribution in [0.3, 0.4) is 0 Å². The number of carboxylic acids is 1. The molecule has 0 aliphatic carbocycles. The third-order valence-electron chi connectivity index (χ3n) is 4.14. The lowest BCUT2D eigenvalue weighted by Gasteiger charge is -2.32. The van der Waals surface area contributed by atoms with Crippen molar-refractivity contribution in [2.45, 2.75) is 39.5 Å². The average molecular weight is 289 g/mol. The van der Waals surface area contributed by atoms with Gasteiger partial charge >= 0.3 is 5.97 Å². The Hall–Kier alpha value is -1.84. The first-order valence-electron chi connectivity index (χ1n) is 7.55. The second-order valence-corrected chi connectivity index (χ2v) is 6.04. The van der Waals surface area contributed by atoms with E-state index in [2.05, 4.69) is 6.07 Å². The summed E-state index contributed by atoms with van der Waals surface area (Å²) in [5, 5.41) is 8.72. The lowest BCUT2D eigenvalue weighted by Crippen LogP contribution is -2.38. The van der Waals surface area contributed by atoms with Crippen molar-refractivity contribution in [3.63, 3.8) is 0 Å². The molecular formula is C17H23NO3. The summed E-state index contributed by atoms with van der Waals surface area (Å²) in [6.07, 6.45) is 2.77. The highest BCUT2D eigenvalue weighted by Crippen LogP contribution is 2.23. The molecule has 0 atom stereocenters. The Labute approximate surface area is 125 Å². The molecule has 1 aromatic carbocycles. The second kappa shape index (κ2) is 6.74. The van der Waals surface area contributed by atoms with Crippen molar-refractivity contribution < 1.29 is 14.7 Å². The molecule has 0 bridgehead atoms. The minimum atomic E-state index is -0.733. The molecule has 0 aromatic heterocycles. The van der Waals surface area contributed by atoms with Crippen LogP contribution in [0, 0.1) is 19.8 Å². The highest BCUT2D eigenvalue weighted by molar-refractivity contribution is 5.94. The van der Waals surface area contributed by atoms with Crippen molar-refractivity contribution >= 4 is 11.9 Å². The van der Waals surface area contributed by atoms with Gasteiger partial charge in [-0.2, -0.15) is 0 Å². The lowest BCUT2D eigenvalue weighted by molar-refractivity contribution is -0.137. The number of aliphatic carboxylic acids is 1. The Balaban J connectivity index is 1.92. The first-order chi connectivity index (χ1) is 9.95. The third-order valence-corrected chi connectivity index (χ3v) is 4.14. The Kier molecular flexibility index (Phi) is 4.99. The van der Waals surface area contributed by atoms with E-state index < -0.39 is 5.97 Å². The highest BCUT2D eigenvalue weighted by Gasteiger charge is 2.24. The molecule has 1 saturated heterocycles. The van der Waals surface area contributed by atoms with Gasteiger partial charge in [0.1, 0.15) is 0 Å². The number of hydrogen-bond donors (Lipinski definition) is 1. The maximum Gasteiger partial charge on any atom is 0.303 e. The summed E-state index contributed by atoms with van der Waals surface area (Å²) >= 11 is 0. The fourth-order valence-corrected chi connectivity index (χ4v) is 3.03. The molecule has 4 nitrogen and oxygen atoms in total. The molecule has 1 amide bonds. The third kappa shape index (κ3) is 4.31. The number of hydrogen-bond acceptors (Lipinski definition) is 2. The Morgan fingerprint density at radius 1 is 1.14 bits per heavy atom. The molecule has 0 spiro atoms. The van der Waals surface area contributed by atoms with Gasteiger partial charge < -0.3 is 10.0 Å². The van der Waals surface area contributed by atoms with E-state index in [1.165, 1.54) is 0 Å². The quantitative estimate of drug-likeness (QED) is 0.927. The monoisotopic (exact) mass is 289 g/mol. The van der Waals surface area contributed by atoms with Crippen LogP contribution in [0.1, 0.15) is 47.2 Å². The lowest BCUT2D eigenvalue weighted by atomic mass is 9.92. The molecule has 1 aliphatic rings. The number of benzene rings is 1. The number of nitrogens with zero attached hydrogens (tertiary/aromatic N) is 1. The molecule has 1 fully saturated rings. The number of likely N-dealkylation sites (tertiary alicyclic amines) is 1. The molecule has 1 aromatic rings. The van der Waals surface area contributed by atoms with Crippen LogP contribution in [0.5, 0.6) is 0 Å². The van der Waals surface area contributed by atoms with Crippen molar-refractivity contribution in [2.24, 2.45) is 5.92 Å². The summed E-state index contributed by atoms with van der Waals surface area (Å²) < 4.78 is 0. The van der Waals surface area contributed by atoms with Crippen LogP contribution in [0.25, 0.3) is 0 Å². The van der Waals surface area contributed by atoms with Crippen molar-refractivity contribution in [3.05, 3.63) is 34.9 Å². The summed E-state index contributed by atoms with van der Waals surface area (Å²) in [5.41, 5.74) is 2.97. The fourth-order valence-electron chi connectivity index (χ4n) is 3.03. The van der Waals surface area contributed by atoms with Crippen molar-refractivity contribution in [1.29, 1.82) is 0 Å². The number of piperidine rings is 1. The van der Waals surface area contributed by atoms with E-state index in [-0.39, 0.29) is 12.3 Å². The number of carbonyl (C=O) groups is 2. The van der Waals surface area contributed by atoms with E-state index in [1.54, 1.807) is 0 Å². The summed E-state index contributed by atoms with van der Waals surface area (Å²) in [7, 11) is 0. The van der Waals surface area contributed by atoms with Crippen LogP contribution in [0.4, 0.5) is 0 Å². The summed E-state index contributed by atoms with van der Waals surface area (Å²) in [6, 6.07) is 5.94. The van der Waals surface area contributed by atoms with E-state index in [4.69, 9.17) is 5.11 Å². The maximum absolute atomic E-state index is 12.5. The van der Waals surface area contributed by atoms with Gasteiger partial charge in [0.15, 0.2) is 0 Å². The van der Waals surface area contributed by atoms with E-state index in [0.717, 1.165) is 49.0 Å². The van der Waals surface area contributed by atoms with Gasteiger partial charge in [-0.25, -0.2) is 0 Å². The summed E-state index contributed by atoms with van der Waals surface area (Å²) in [4.78, 5) is 25.0. The minimum Gasteiger partial charge on any atom is -0.481 e. The van der Waals surface area contributed by atoms with Crippen molar-refractivity contribution in [1.82, 2.24) is 4.90 Å². The predicted molar refractivity (Wildman–Crippen MR) is 81.4 cm³/mol. The van der Waals surface area contributed by atoms with Crippen LogP contribution in [-0.2, 0) is 4.79 Å². The van der Waals surface area contributed by atoms with Crippen LogP contribution in [0.2, 0.25) is 0 Å². The van der Waals surface area contributed by atoms with Gasteiger partial charge in [0.2, 0.25) is 0 Å². The zero-order chi connectivity index (χ0) is 15.4. The number of rotatable bonds is 4. The maximum atomic E-state index is 12.5. The van der Waals surface area contributed by atoms with Gasteiger partial charge in [0.05, 0.1) is 0 Å². The van der Waals surface area contributed by atoms with Crippen LogP contribution in [-0.4, -0.2) is 35.0 Å². The molecule has 1 heterocycles. The van der Waals surface area contributed by atoms with Gasteiger partial charge in [0, 0.05) is 25.1 Å². The number of aryl methyl sites for hydroxylation is 2. The fraction of sp³-hybridized carbons (Fsp3) is 0.529. The van der Waals surface area contributed by atoms with Crippen LogP contribution < -0.4 is 0 Å². The second-order valence-electron chi connectivity index (χ2n) is 6.04. The normalized spacial score (nSPS) is 16.0. The van der Waals surface area contributed by atoms with E-state index in [1.807, 2.05) is 30.9 Å². The molecule has 4 heteroatoms. The first kappa shape index (κ1) is 15.5. The molecule has 1 N–H and O–H groups in total. The topological polar surface area (TPSA) is 57.6 Å². The summed E-state index contributed by atoms with van der Waals surface area (Å²) in [5.74, 6) is -0.202. The number of carbonyl (C=O) groups excluding carboxylic acids is 1. The zero-order valence-electron chi connectivity index (χ0n) is 12.8. The van der Waals surface area contributed by atoms with Crippen molar-refractivity contribution in [2.75, 3.05) is 13.1 Å². The van der Waals surface area contributed by atoms with E-state index in [0.29, 0.717) is 5.92 Å². The van der Waals surface area contributed by atoms with E-state index in [9.17, 15) is 9.59 Å². The Morgan fingerprint density at radius 3 is 2.24 bits per heavy atom. The molecule has 2 rings (SSSR count). The molecule has 1 aliphatic heterocycles. The van der Waals surface area contributed by atoms with Crippen molar-refractivity contribution in [3.8, 4) is 0 Å². The molecular weight excluding hydrogens is 266 g/mol. The van der Waals surface area contributed by atoms with E-state index >= 15 is 0 Å². The molecule has 0 saturated carbocycles. The molecule has 0 radical (unpaired) electrons. The smallest absolute Gasteiger partial charge is 0.303 e. The largest absolute Gasteiger partial charge is 0.481 e. The predicted octanol–water partition coefficient (Wildman–Crippen LogP) is 3.02. The highest BCUT2D eigenvalue weighted by atomic mass is 16.4. The first-order valence-corrected chi connectivity index (χ1v) is 7.55. The van der Waals surface area contributed by atoms with Crippen LogP contribution >= 0.6 is 0 Å². The molecule has 114 valence electrons. The standard InChI is InChI=1S/C17H23NO3/c1-12-9-13(2)11-15(10-12)17(21)18-7-5-14(6-8-18)3-4-16(19)20/h9-11,14H,3-8H2,1-2H3,(H,19,20). The SMILES string of the molecule is Cc1cc(C)cc(C(=O)N2CCC(CCC(=O)O)CC2)c1. The summed E-state index contributed by atoms with van der Waals surface area (Å²) in [6.45, 7) is 5.47. The number of amides is 1. The zero-order valence-corrected chi connectivity index (χ0v) is 12.8. The van der Waals surface area contributed by atoms with Gasteiger partial charge in [0.25, 0.3) is 5.91 Å². The van der Waals surface area contributed by atoms with Crippen LogP contribution in [0.15, 0.2) is 18.2 Å². The molecule has 21 heavy (non-hydrogen) atoms. The van der Waals surface area contributed by atoms with Gasteiger partial charge in [-0.3, -0.25) is 9.59 Å². The number of carboxylic acid groups (broad SMARTS) is 1. The van der Waals surface area contributed by atoms with Gasteiger partial charge in [-0.1, -0.05) is 17.2 Å². The Morgan fingerprint density at radius 2 is 1.71 bits per heavy atom. The Bertz CT molecular complexity index is 511. The van der Waals surface area contributed by atoms with Gasteiger partial charge in [-0.05, 0) is 51.2 Å².